The number of aromatic nitrogens is 2. The number of fused-ring (bicyclic) bond motifs is 1. The zero-order chi connectivity index (χ0) is 17.2. The molecule has 1 aromatic carbocycles. The Morgan fingerprint density at radius 2 is 2.08 bits per heavy atom. The van der Waals surface area contributed by atoms with Gasteiger partial charge in [0.25, 0.3) is 5.56 Å². The van der Waals surface area contributed by atoms with Crippen LogP contribution in [0.2, 0.25) is 5.02 Å². The summed E-state index contributed by atoms with van der Waals surface area (Å²) < 4.78 is 2.74. The van der Waals surface area contributed by atoms with E-state index in [9.17, 15) is 4.79 Å². The zero-order valence-electron chi connectivity index (χ0n) is 13.8. The van der Waals surface area contributed by atoms with Gasteiger partial charge in [-0.2, -0.15) is 0 Å². The van der Waals surface area contributed by atoms with Crippen molar-refractivity contribution in [1.29, 1.82) is 0 Å². The van der Waals surface area contributed by atoms with E-state index >= 15 is 0 Å². The minimum Gasteiger partial charge on any atom is -0.283 e. The van der Waals surface area contributed by atoms with E-state index in [0.717, 1.165) is 44.6 Å². The van der Waals surface area contributed by atoms with Crippen LogP contribution < -0.4 is 5.56 Å². The molecule has 3 nitrogen and oxygen atoms in total. The van der Waals surface area contributed by atoms with Crippen LogP contribution in [0.3, 0.4) is 0 Å². The van der Waals surface area contributed by atoms with Gasteiger partial charge >= 0.3 is 0 Å². The van der Waals surface area contributed by atoms with Crippen LogP contribution in [-0.2, 0) is 5.75 Å². The van der Waals surface area contributed by atoms with Gasteiger partial charge in [0.2, 0.25) is 0 Å². The number of nitrogens with zero attached hydrogens (tertiary/aromatic N) is 2. The Balaban J connectivity index is 1.71. The molecule has 0 saturated heterocycles. The highest BCUT2D eigenvalue weighted by molar-refractivity contribution is 7.98. The fourth-order valence-electron chi connectivity index (χ4n) is 3.44. The predicted molar refractivity (Wildman–Crippen MR) is 107 cm³/mol. The molecular weight excluding hydrogens is 372 g/mol. The Bertz CT molecular complexity index is 944. The van der Waals surface area contributed by atoms with Crippen molar-refractivity contribution in [2.24, 2.45) is 0 Å². The molecule has 1 saturated carbocycles. The third-order valence-corrected chi connectivity index (χ3v) is 6.83. The van der Waals surface area contributed by atoms with E-state index < -0.39 is 0 Å². The number of hydrogen-bond donors (Lipinski definition) is 0. The van der Waals surface area contributed by atoms with Crippen molar-refractivity contribution in [2.75, 3.05) is 0 Å². The summed E-state index contributed by atoms with van der Waals surface area (Å²) in [5, 5.41) is 3.53. The van der Waals surface area contributed by atoms with Gasteiger partial charge in [0.05, 0.1) is 5.52 Å². The molecule has 0 spiro atoms. The lowest BCUT2D eigenvalue weighted by atomic mass is 9.95. The number of rotatable bonds is 4. The first kappa shape index (κ1) is 17.1. The minimum absolute atomic E-state index is 0.125. The van der Waals surface area contributed by atoms with Crippen molar-refractivity contribution >= 4 is 44.9 Å². The molecule has 0 bridgehead atoms. The lowest BCUT2D eigenvalue weighted by Crippen LogP contribution is -2.28. The average Bonchev–Trinajstić information content (AvgIpc) is 3.10. The standard InChI is InChI=1S/C19H19ClN2OS2/c20-14-6-4-5-13(11-14)12-25-19-21-16-9-10-24-17(16)18(23)22(19)15-7-2-1-3-8-15/h4-6,9-11,15H,1-3,7-8,12H2. The second-order valence-electron chi connectivity index (χ2n) is 6.41. The molecule has 0 N–H and O–H groups in total. The molecule has 0 amide bonds. The van der Waals surface area contributed by atoms with Crippen molar-refractivity contribution in [3.63, 3.8) is 0 Å². The van der Waals surface area contributed by atoms with Gasteiger partial charge in [-0.3, -0.25) is 9.36 Å². The average molecular weight is 391 g/mol. The topological polar surface area (TPSA) is 34.9 Å². The maximum absolute atomic E-state index is 13.1. The summed E-state index contributed by atoms with van der Waals surface area (Å²) in [6, 6.07) is 10.1. The number of benzene rings is 1. The summed E-state index contributed by atoms with van der Waals surface area (Å²) in [6.07, 6.45) is 5.80. The molecule has 2 heterocycles. The van der Waals surface area contributed by atoms with E-state index in [2.05, 4.69) is 6.07 Å². The maximum Gasteiger partial charge on any atom is 0.272 e. The van der Waals surface area contributed by atoms with Crippen LogP contribution in [-0.4, -0.2) is 9.55 Å². The highest BCUT2D eigenvalue weighted by atomic mass is 35.5. The molecular formula is C19H19ClN2OS2. The van der Waals surface area contributed by atoms with Gasteiger partial charge in [-0.25, -0.2) is 4.98 Å². The Labute approximate surface area is 160 Å². The summed E-state index contributed by atoms with van der Waals surface area (Å²) in [6.45, 7) is 0. The molecule has 25 heavy (non-hydrogen) atoms. The molecule has 130 valence electrons. The second kappa shape index (κ2) is 7.52. The highest BCUT2D eigenvalue weighted by Crippen LogP contribution is 2.32. The first-order valence-electron chi connectivity index (χ1n) is 8.59. The van der Waals surface area contributed by atoms with Crippen molar-refractivity contribution in [3.05, 3.63) is 56.7 Å². The van der Waals surface area contributed by atoms with Gasteiger partial charge in [-0.1, -0.05) is 54.8 Å². The van der Waals surface area contributed by atoms with Crippen LogP contribution in [0.25, 0.3) is 10.2 Å². The smallest absolute Gasteiger partial charge is 0.272 e. The number of thiophene rings is 1. The Hall–Kier alpha value is -1.30. The molecule has 4 rings (SSSR count). The van der Waals surface area contributed by atoms with E-state index in [1.165, 1.54) is 30.6 Å². The van der Waals surface area contributed by atoms with Gasteiger partial charge in [-0.15, -0.1) is 11.3 Å². The predicted octanol–water partition coefficient (Wildman–Crippen LogP) is 5.91. The SMILES string of the molecule is O=c1c2sccc2nc(SCc2cccc(Cl)c2)n1C1CCCCC1. The quantitative estimate of drug-likeness (QED) is 0.410. The first-order chi connectivity index (χ1) is 12.2. The second-order valence-corrected chi connectivity index (χ2v) is 8.71. The first-order valence-corrected chi connectivity index (χ1v) is 10.8. The molecule has 0 unspecified atom stereocenters. The number of halogens is 1. The third kappa shape index (κ3) is 3.64. The summed E-state index contributed by atoms with van der Waals surface area (Å²) >= 11 is 9.22. The van der Waals surface area contributed by atoms with Crippen LogP contribution in [0.5, 0.6) is 0 Å². The van der Waals surface area contributed by atoms with Crippen LogP contribution in [0, 0.1) is 0 Å². The molecule has 1 fully saturated rings. The van der Waals surface area contributed by atoms with E-state index in [1.54, 1.807) is 11.8 Å². The number of thioether (sulfide) groups is 1. The zero-order valence-corrected chi connectivity index (χ0v) is 16.2. The summed E-state index contributed by atoms with van der Waals surface area (Å²) in [4.78, 5) is 17.9. The molecule has 1 aliphatic rings. The lowest BCUT2D eigenvalue weighted by molar-refractivity contribution is 0.326. The molecule has 1 aliphatic carbocycles. The molecule has 0 atom stereocenters. The highest BCUT2D eigenvalue weighted by Gasteiger charge is 2.22. The largest absolute Gasteiger partial charge is 0.283 e. The van der Waals surface area contributed by atoms with Crippen LogP contribution in [0.4, 0.5) is 0 Å². The minimum atomic E-state index is 0.125. The third-order valence-electron chi connectivity index (χ3n) is 4.68. The Morgan fingerprint density at radius 1 is 1.24 bits per heavy atom. The maximum atomic E-state index is 13.1. The van der Waals surface area contributed by atoms with E-state index in [0.29, 0.717) is 0 Å². The van der Waals surface area contributed by atoms with Gasteiger partial charge < -0.3 is 0 Å². The summed E-state index contributed by atoms with van der Waals surface area (Å²) in [7, 11) is 0. The Morgan fingerprint density at radius 3 is 2.88 bits per heavy atom. The molecule has 6 heteroatoms. The van der Waals surface area contributed by atoms with Crippen molar-refractivity contribution in [2.45, 2.75) is 49.1 Å². The van der Waals surface area contributed by atoms with E-state index in [1.807, 2.05) is 34.2 Å². The fourth-order valence-corrected chi connectivity index (χ4v) is 5.43. The lowest BCUT2D eigenvalue weighted by Gasteiger charge is -2.25. The number of hydrogen-bond acceptors (Lipinski definition) is 4. The van der Waals surface area contributed by atoms with Crippen molar-refractivity contribution in [1.82, 2.24) is 9.55 Å². The van der Waals surface area contributed by atoms with Gasteiger partial charge in [-0.05, 0) is 42.0 Å². The van der Waals surface area contributed by atoms with Crippen LogP contribution in [0.15, 0.2) is 45.7 Å². The summed E-state index contributed by atoms with van der Waals surface area (Å²) in [5.74, 6) is 0.759. The van der Waals surface area contributed by atoms with Gasteiger partial charge in [0.1, 0.15) is 4.70 Å². The fraction of sp³-hybridized carbons (Fsp3) is 0.368. The van der Waals surface area contributed by atoms with Gasteiger partial charge in [0, 0.05) is 16.8 Å². The molecule has 0 aliphatic heterocycles. The van der Waals surface area contributed by atoms with Gasteiger partial charge in [0.15, 0.2) is 5.16 Å². The van der Waals surface area contributed by atoms with Crippen LogP contribution >= 0.6 is 34.7 Å². The molecule has 0 radical (unpaired) electrons. The van der Waals surface area contributed by atoms with E-state index in [-0.39, 0.29) is 11.6 Å². The van der Waals surface area contributed by atoms with E-state index in [4.69, 9.17) is 16.6 Å². The molecule has 3 aromatic rings. The monoisotopic (exact) mass is 390 g/mol. The molecule has 2 aromatic heterocycles. The van der Waals surface area contributed by atoms with Crippen LogP contribution in [0.1, 0.15) is 43.7 Å². The van der Waals surface area contributed by atoms with Crippen molar-refractivity contribution < 1.29 is 0 Å². The normalized spacial score (nSPS) is 15.7. The Kier molecular flexibility index (Phi) is 5.15. The summed E-state index contributed by atoms with van der Waals surface area (Å²) in [5.41, 5.74) is 2.09. The van der Waals surface area contributed by atoms with Crippen molar-refractivity contribution in [3.8, 4) is 0 Å².